The van der Waals surface area contributed by atoms with Gasteiger partial charge in [0.1, 0.15) is 5.82 Å². The van der Waals surface area contributed by atoms with Crippen molar-refractivity contribution in [1.29, 1.82) is 0 Å². The van der Waals surface area contributed by atoms with Crippen molar-refractivity contribution in [3.63, 3.8) is 0 Å². The molecule has 0 spiro atoms. The number of carbonyl (C=O) groups excluding carboxylic acids is 1. The molecule has 0 radical (unpaired) electrons. The second-order valence-corrected chi connectivity index (χ2v) is 6.51. The number of hydrogen-bond acceptors (Lipinski definition) is 6. The lowest BCUT2D eigenvalue weighted by molar-refractivity contribution is 0.0965. The molecule has 0 bridgehead atoms. The van der Waals surface area contributed by atoms with Gasteiger partial charge in [-0.05, 0) is 18.6 Å². The fourth-order valence-corrected chi connectivity index (χ4v) is 3.84. The van der Waals surface area contributed by atoms with E-state index in [9.17, 15) is 4.79 Å². The van der Waals surface area contributed by atoms with Crippen LogP contribution in [-0.4, -0.2) is 22.4 Å². The van der Waals surface area contributed by atoms with Crippen molar-refractivity contribution >= 4 is 28.2 Å². The van der Waals surface area contributed by atoms with Gasteiger partial charge in [-0.15, -0.1) is 11.3 Å². The minimum Gasteiger partial charge on any atom is -0.375 e. The van der Waals surface area contributed by atoms with Gasteiger partial charge in [0.2, 0.25) is 0 Å². The van der Waals surface area contributed by atoms with Crippen LogP contribution in [0.5, 0.6) is 0 Å². The van der Waals surface area contributed by atoms with E-state index in [0.717, 1.165) is 42.3 Å². The second kappa shape index (κ2) is 4.42. The van der Waals surface area contributed by atoms with Crippen LogP contribution in [0.2, 0.25) is 0 Å². The predicted octanol–water partition coefficient (Wildman–Crippen LogP) is 1.23. The van der Waals surface area contributed by atoms with Gasteiger partial charge in [-0.3, -0.25) is 4.79 Å². The Labute approximate surface area is 126 Å². The average Bonchev–Trinajstić information content (AvgIpc) is 3.00. The molecule has 0 aliphatic carbocycles. The van der Waals surface area contributed by atoms with Gasteiger partial charge < -0.3 is 16.0 Å². The first-order valence-electron chi connectivity index (χ1n) is 6.89. The standard InChI is InChI=1S/C14H15N5OS/c1-7-4-8-10(5-16-13(8)20)17-12(7)19-3-2-9-11(6-19)21-14(15)18-9/h4H,2-3,5-6H2,1H3,(H2,15,18)(H,16,20). The molecule has 2 aromatic rings. The molecular formula is C14H15N5OS. The van der Waals surface area contributed by atoms with Crippen LogP contribution in [0.15, 0.2) is 6.07 Å². The largest absolute Gasteiger partial charge is 0.375 e. The number of rotatable bonds is 1. The van der Waals surface area contributed by atoms with E-state index in [-0.39, 0.29) is 5.91 Å². The van der Waals surface area contributed by atoms with E-state index in [1.54, 1.807) is 11.3 Å². The molecule has 0 aromatic carbocycles. The number of nitrogens with two attached hydrogens (primary N) is 1. The van der Waals surface area contributed by atoms with E-state index in [2.05, 4.69) is 15.2 Å². The molecule has 7 heteroatoms. The summed E-state index contributed by atoms with van der Waals surface area (Å²) in [6.45, 7) is 4.20. The number of amides is 1. The van der Waals surface area contributed by atoms with E-state index in [0.29, 0.717) is 17.2 Å². The van der Waals surface area contributed by atoms with Crippen LogP contribution in [0.1, 0.15) is 32.2 Å². The topological polar surface area (TPSA) is 84.1 Å². The smallest absolute Gasteiger partial charge is 0.253 e. The third kappa shape index (κ3) is 1.96. The third-order valence-electron chi connectivity index (χ3n) is 3.97. The molecule has 1 amide bonds. The number of nitrogen functional groups attached to an aromatic ring is 1. The van der Waals surface area contributed by atoms with E-state index in [1.165, 1.54) is 4.88 Å². The zero-order valence-electron chi connectivity index (χ0n) is 11.6. The van der Waals surface area contributed by atoms with Gasteiger partial charge in [0.15, 0.2) is 5.13 Å². The summed E-state index contributed by atoms with van der Waals surface area (Å²) in [5, 5.41) is 3.45. The minimum atomic E-state index is -0.0247. The van der Waals surface area contributed by atoms with Crippen molar-refractivity contribution in [1.82, 2.24) is 15.3 Å². The molecular weight excluding hydrogens is 286 g/mol. The number of carbonyl (C=O) groups is 1. The van der Waals surface area contributed by atoms with E-state index < -0.39 is 0 Å². The van der Waals surface area contributed by atoms with Crippen LogP contribution in [-0.2, 0) is 19.5 Å². The molecule has 4 heterocycles. The number of aryl methyl sites for hydroxylation is 1. The Morgan fingerprint density at radius 1 is 1.38 bits per heavy atom. The highest BCUT2D eigenvalue weighted by atomic mass is 32.1. The molecule has 21 heavy (non-hydrogen) atoms. The summed E-state index contributed by atoms with van der Waals surface area (Å²) >= 11 is 1.55. The number of nitrogens with one attached hydrogen (secondary N) is 1. The van der Waals surface area contributed by atoms with Crippen LogP contribution in [0.4, 0.5) is 10.9 Å². The summed E-state index contributed by atoms with van der Waals surface area (Å²) in [5.41, 5.74) is 9.49. The van der Waals surface area contributed by atoms with Gasteiger partial charge in [0.25, 0.3) is 5.91 Å². The molecule has 0 fully saturated rings. The highest BCUT2D eigenvalue weighted by Crippen LogP contribution is 2.31. The van der Waals surface area contributed by atoms with Crippen molar-refractivity contribution in [3.8, 4) is 0 Å². The quantitative estimate of drug-likeness (QED) is 0.828. The summed E-state index contributed by atoms with van der Waals surface area (Å²) < 4.78 is 0. The molecule has 0 unspecified atom stereocenters. The lowest BCUT2D eigenvalue weighted by atomic mass is 10.1. The van der Waals surface area contributed by atoms with Crippen molar-refractivity contribution < 1.29 is 4.79 Å². The summed E-state index contributed by atoms with van der Waals surface area (Å²) in [6, 6.07) is 1.94. The normalized spacial score (nSPS) is 16.6. The summed E-state index contributed by atoms with van der Waals surface area (Å²) in [7, 11) is 0. The third-order valence-corrected chi connectivity index (χ3v) is 4.89. The molecule has 2 aliphatic heterocycles. The molecule has 0 saturated heterocycles. The van der Waals surface area contributed by atoms with Gasteiger partial charge >= 0.3 is 0 Å². The van der Waals surface area contributed by atoms with E-state index in [1.807, 2.05) is 13.0 Å². The number of pyridine rings is 1. The number of fused-ring (bicyclic) bond motifs is 2. The van der Waals surface area contributed by atoms with Crippen molar-refractivity contribution in [2.75, 3.05) is 17.2 Å². The van der Waals surface area contributed by atoms with Crippen LogP contribution in [0.25, 0.3) is 0 Å². The van der Waals surface area contributed by atoms with Gasteiger partial charge in [-0.25, -0.2) is 9.97 Å². The van der Waals surface area contributed by atoms with Crippen molar-refractivity contribution in [2.45, 2.75) is 26.4 Å². The Morgan fingerprint density at radius 3 is 3.10 bits per heavy atom. The molecule has 3 N–H and O–H groups in total. The number of hydrogen-bond donors (Lipinski definition) is 2. The Balaban J connectivity index is 1.70. The molecule has 0 atom stereocenters. The fourth-order valence-electron chi connectivity index (χ4n) is 2.95. The number of thiazole rings is 1. The molecule has 2 aliphatic rings. The van der Waals surface area contributed by atoms with Crippen LogP contribution in [0.3, 0.4) is 0 Å². The molecule has 108 valence electrons. The maximum atomic E-state index is 11.7. The summed E-state index contributed by atoms with van der Waals surface area (Å²) in [4.78, 5) is 24.2. The van der Waals surface area contributed by atoms with Crippen molar-refractivity contribution in [3.05, 3.63) is 33.5 Å². The first-order valence-corrected chi connectivity index (χ1v) is 7.71. The first-order chi connectivity index (χ1) is 10.1. The second-order valence-electron chi connectivity index (χ2n) is 5.40. The van der Waals surface area contributed by atoms with Gasteiger partial charge in [-0.2, -0.15) is 0 Å². The van der Waals surface area contributed by atoms with E-state index >= 15 is 0 Å². The fraction of sp³-hybridized carbons (Fsp3) is 0.357. The van der Waals surface area contributed by atoms with Crippen LogP contribution in [0, 0.1) is 6.92 Å². The Morgan fingerprint density at radius 2 is 2.24 bits per heavy atom. The molecule has 2 aromatic heterocycles. The molecule has 4 rings (SSSR count). The van der Waals surface area contributed by atoms with Gasteiger partial charge in [0.05, 0.1) is 30.0 Å². The van der Waals surface area contributed by atoms with Crippen molar-refractivity contribution in [2.24, 2.45) is 0 Å². The maximum Gasteiger partial charge on any atom is 0.253 e. The SMILES string of the molecule is Cc1cc2c(nc1N1CCc3nc(N)sc3C1)CNC2=O. The predicted molar refractivity (Wildman–Crippen MR) is 81.4 cm³/mol. The minimum absolute atomic E-state index is 0.0247. The lowest BCUT2D eigenvalue weighted by Crippen LogP contribution is -2.31. The highest BCUT2D eigenvalue weighted by Gasteiger charge is 2.26. The van der Waals surface area contributed by atoms with Gasteiger partial charge in [-0.1, -0.05) is 0 Å². The maximum absolute atomic E-state index is 11.7. The summed E-state index contributed by atoms with van der Waals surface area (Å²) in [5.74, 6) is 0.936. The lowest BCUT2D eigenvalue weighted by Gasteiger charge is -2.28. The highest BCUT2D eigenvalue weighted by molar-refractivity contribution is 7.15. The monoisotopic (exact) mass is 301 g/mol. The Hall–Kier alpha value is -2.15. The summed E-state index contributed by atoms with van der Waals surface area (Å²) in [6.07, 6.45) is 0.887. The first kappa shape index (κ1) is 12.6. The zero-order chi connectivity index (χ0) is 14.6. The number of anilines is 2. The van der Waals surface area contributed by atoms with Gasteiger partial charge in [0, 0.05) is 17.8 Å². The average molecular weight is 301 g/mol. The van der Waals surface area contributed by atoms with E-state index in [4.69, 9.17) is 10.7 Å². The number of aromatic nitrogens is 2. The van der Waals surface area contributed by atoms with Crippen LogP contribution >= 0.6 is 11.3 Å². The molecule has 0 saturated carbocycles. The number of nitrogens with zero attached hydrogens (tertiary/aromatic N) is 3. The Kier molecular flexibility index (Phi) is 2.65. The zero-order valence-corrected chi connectivity index (χ0v) is 12.5. The Bertz CT molecular complexity index is 754. The molecule has 6 nitrogen and oxygen atoms in total. The van der Waals surface area contributed by atoms with Crippen LogP contribution < -0.4 is 16.0 Å².